The van der Waals surface area contributed by atoms with Gasteiger partial charge in [-0.2, -0.15) is 4.31 Å². The fraction of sp³-hybridized carbons (Fsp3) is 1.00. The van der Waals surface area contributed by atoms with E-state index in [2.05, 4.69) is 19.2 Å². The zero-order valence-corrected chi connectivity index (χ0v) is 13.5. The molecule has 1 aliphatic heterocycles. The number of nitrogens with one attached hydrogen (secondary N) is 1. The van der Waals surface area contributed by atoms with Gasteiger partial charge in [0.25, 0.3) is 0 Å². The van der Waals surface area contributed by atoms with Crippen LogP contribution in [-0.4, -0.2) is 44.2 Å². The lowest BCUT2D eigenvalue weighted by atomic mass is 10.0. The number of nitrogens with zero attached hydrogens (tertiary/aromatic N) is 1. The van der Waals surface area contributed by atoms with Gasteiger partial charge in [0, 0.05) is 12.6 Å². The zero-order chi connectivity index (χ0) is 14.3. The van der Waals surface area contributed by atoms with Gasteiger partial charge in [0.2, 0.25) is 10.0 Å². The van der Waals surface area contributed by atoms with Crippen molar-refractivity contribution in [1.82, 2.24) is 9.62 Å². The van der Waals surface area contributed by atoms with Gasteiger partial charge in [0.15, 0.2) is 0 Å². The Kier molecular flexibility index (Phi) is 7.32. The van der Waals surface area contributed by atoms with E-state index in [-0.39, 0.29) is 12.0 Å². The van der Waals surface area contributed by atoms with Gasteiger partial charge in [-0.1, -0.05) is 20.3 Å². The maximum atomic E-state index is 12.6. The molecule has 0 spiro atoms. The Labute approximate surface area is 119 Å². The van der Waals surface area contributed by atoms with Crippen molar-refractivity contribution in [1.29, 1.82) is 0 Å². The standard InChI is InChI=1S/C14H30N2O2S/c1-4-6-10-16(13(3)5-2)19(17,18)12-14-8-7-9-15-11-14/h13-15H,4-12H2,1-3H3. The van der Waals surface area contributed by atoms with Crippen molar-refractivity contribution in [3.8, 4) is 0 Å². The molecule has 0 radical (unpaired) electrons. The lowest BCUT2D eigenvalue weighted by molar-refractivity contribution is 0.316. The lowest BCUT2D eigenvalue weighted by Gasteiger charge is -2.30. The van der Waals surface area contributed by atoms with E-state index in [4.69, 9.17) is 0 Å². The van der Waals surface area contributed by atoms with E-state index in [1.807, 2.05) is 6.92 Å². The second-order valence-electron chi connectivity index (χ2n) is 5.71. The van der Waals surface area contributed by atoms with Crippen molar-refractivity contribution in [3.05, 3.63) is 0 Å². The summed E-state index contributed by atoms with van der Waals surface area (Å²) in [4.78, 5) is 0. The summed E-state index contributed by atoms with van der Waals surface area (Å²) in [6.45, 7) is 8.73. The van der Waals surface area contributed by atoms with Gasteiger partial charge >= 0.3 is 0 Å². The summed E-state index contributed by atoms with van der Waals surface area (Å²) >= 11 is 0. The van der Waals surface area contributed by atoms with Crippen molar-refractivity contribution in [2.75, 3.05) is 25.4 Å². The molecule has 0 aliphatic carbocycles. The van der Waals surface area contributed by atoms with E-state index in [0.717, 1.165) is 45.2 Å². The summed E-state index contributed by atoms with van der Waals surface area (Å²) in [6.07, 6.45) is 5.00. The molecule has 1 N–H and O–H groups in total. The molecule has 114 valence electrons. The van der Waals surface area contributed by atoms with Gasteiger partial charge in [0.05, 0.1) is 5.75 Å². The third-order valence-electron chi connectivity index (χ3n) is 4.02. The van der Waals surface area contributed by atoms with Gasteiger partial charge in [-0.15, -0.1) is 0 Å². The molecule has 0 aromatic rings. The average molecular weight is 290 g/mol. The Morgan fingerprint density at radius 2 is 2.11 bits per heavy atom. The molecule has 5 heteroatoms. The van der Waals surface area contributed by atoms with E-state index in [9.17, 15) is 8.42 Å². The maximum absolute atomic E-state index is 12.6. The lowest BCUT2D eigenvalue weighted by Crippen LogP contribution is -2.44. The Balaban J connectivity index is 2.67. The monoisotopic (exact) mass is 290 g/mol. The third kappa shape index (κ3) is 5.40. The molecule has 1 saturated heterocycles. The quantitative estimate of drug-likeness (QED) is 0.745. The highest BCUT2D eigenvalue weighted by atomic mass is 32.2. The molecule has 4 nitrogen and oxygen atoms in total. The van der Waals surface area contributed by atoms with Crippen LogP contribution in [0, 0.1) is 5.92 Å². The van der Waals surface area contributed by atoms with Crippen LogP contribution in [0.25, 0.3) is 0 Å². The molecule has 0 saturated carbocycles. The fourth-order valence-corrected chi connectivity index (χ4v) is 4.79. The number of hydrogen-bond acceptors (Lipinski definition) is 3. The molecule has 0 bridgehead atoms. The number of hydrogen-bond donors (Lipinski definition) is 1. The molecule has 2 atom stereocenters. The normalized spacial score (nSPS) is 22.6. The molecule has 1 heterocycles. The minimum atomic E-state index is -3.11. The number of unbranched alkanes of at least 4 members (excludes halogenated alkanes) is 1. The second-order valence-corrected chi connectivity index (χ2v) is 7.68. The first-order valence-corrected chi connectivity index (χ1v) is 9.32. The smallest absolute Gasteiger partial charge is 0.214 e. The molecule has 0 aromatic heterocycles. The van der Waals surface area contributed by atoms with E-state index < -0.39 is 10.0 Å². The van der Waals surface area contributed by atoms with Gasteiger partial charge in [-0.25, -0.2) is 8.42 Å². The predicted octanol–water partition coefficient (Wildman–Crippen LogP) is 2.22. The van der Waals surface area contributed by atoms with Gasteiger partial charge in [0.1, 0.15) is 0 Å². The van der Waals surface area contributed by atoms with Crippen LogP contribution in [0.3, 0.4) is 0 Å². The van der Waals surface area contributed by atoms with Crippen LogP contribution in [0.4, 0.5) is 0 Å². The van der Waals surface area contributed by atoms with Crippen molar-refractivity contribution in [2.45, 2.75) is 58.9 Å². The van der Waals surface area contributed by atoms with E-state index in [1.54, 1.807) is 4.31 Å². The summed E-state index contributed by atoms with van der Waals surface area (Å²) in [7, 11) is -3.11. The summed E-state index contributed by atoms with van der Waals surface area (Å²) in [5, 5.41) is 3.30. The van der Waals surface area contributed by atoms with Crippen molar-refractivity contribution < 1.29 is 8.42 Å². The molecule has 1 rings (SSSR count). The zero-order valence-electron chi connectivity index (χ0n) is 12.7. The topological polar surface area (TPSA) is 49.4 Å². The minimum absolute atomic E-state index is 0.119. The van der Waals surface area contributed by atoms with Crippen LogP contribution in [0.5, 0.6) is 0 Å². The summed E-state index contributed by atoms with van der Waals surface area (Å²) in [5.74, 6) is 0.598. The molecule has 1 aliphatic rings. The minimum Gasteiger partial charge on any atom is -0.316 e. The highest BCUT2D eigenvalue weighted by Crippen LogP contribution is 2.18. The summed E-state index contributed by atoms with van der Waals surface area (Å²) in [5.41, 5.74) is 0. The Hall–Kier alpha value is -0.130. The largest absolute Gasteiger partial charge is 0.316 e. The Morgan fingerprint density at radius 3 is 2.63 bits per heavy atom. The van der Waals surface area contributed by atoms with Crippen LogP contribution in [0.15, 0.2) is 0 Å². The van der Waals surface area contributed by atoms with Crippen LogP contribution in [0.2, 0.25) is 0 Å². The maximum Gasteiger partial charge on any atom is 0.214 e. The molecule has 1 fully saturated rings. The fourth-order valence-electron chi connectivity index (χ4n) is 2.61. The summed E-state index contributed by atoms with van der Waals surface area (Å²) in [6, 6.07) is 0.119. The van der Waals surface area contributed by atoms with Crippen LogP contribution < -0.4 is 5.32 Å². The highest BCUT2D eigenvalue weighted by Gasteiger charge is 2.29. The first-order valence-electron chi connectivity index (χ1n) is 7.71. The van der Waals surface area contributed by atoms with E-state index in [1.165, 1.54) is 0 Å². The van der Waals surface area contributed by atoms with Crippen LogP contribution >= 0.6 is 0 Å². The number of sulfonamides is 1. The van der Waals surface area contributed by atoms with E-state index >= 15 is 0 Å². The molecule has 0 aromatic carbocycles. The van der Waals surface area contributed by atoms with Crippen LogP contribution in [-0.2, 0) is 10.0 Å². The summed E-state index contributed by atoms with van der Waals surface area (Å²) < 4.78 is 26.9. The Morgan fingerprint density at radius 1 is 1.37 bits per heavy atom. The molecular weight excluding hydrogens is 260 g/mol. The van der Waals surface area contributed by atoms with Crippen molar-refractivity contribution in [2.24, 2.45) is 5.92 Å². The molecule has 0 amide bonds. The first-order chi connectivity index (χ1) is 9.01. The first kappa shape index (κ1) is 16.9. The SMILES string of the molecule is CCCCN(C(C)CC)S(=O)(=O)CC1CCCNC1. The second kappa shape index (κ2) is 8.22. The van der Waals surface area contributed by atoms with Gasteiger partial charge in [-0.05, 0) is 51.6 Å². The van der Waals surface area contributed by atoms with Crippen molar-refractivity contribution in [3.63, 3.8) is 0 Å². The van der Waals surface area contributed by atoms with E-state index in [0.29, 0.717) is 12.3 Å². The molecule has 19 heavy (non-hydrogen) atoms. The number of piperidine rings is 1. The van der Waals surface area contributed by atoms with Crippen molar-refractivity contribution >= 4 is 10.0 Å². The van der Waals surface area contributed by atoms with Crippen LogP contribution in [0.1, 0.15) is 52.9 Å². The molecule has 2 unspecified atom stereocenters. The predicted molar refractivity (Wildman–Crippen MR) is 80.7 cm³/mol. The third-order valence-corrected chi connectivity index (χ3v) is 6.17. The molecular formula is C14H30N2O2S. The number of rotatable bonds is 8. The average Bonchev–Trinajstić information content (AvgIpc) is 2.39. The van der Waals surface area contributed by atoms with Gasteiger partial charge < -0.3 is 5.32 Å². The highest BCUT2D eigenvalue weighted by molar-refractivity contribution is 7.89. The van der Waals surface area contributed by atoms with Gasteiger partial charge in [-0.3, -0.25) is 0 Å². The Bertz CT molecular complexity index is 337.